The van der Waals surface area contributed by atoms with Gasteiger partial charge in [-0.05, 0) is 132 Å². The van der Waals surface area contributed by atoms with Crippen molar-refractivity contribution >= 4 is 82.1 Å². The molecule has 2 unspecified atom stereocenters. The van der Waals surface area contributed by atoms with Gasteiger partial charge in [0.1, 0.15) is 89.5 Å². The molecule has 0 aliphatic carbocycles. The van der Waals surface area contributed by atoms with Crippen LogP contribution in [0.4, 0.5) is 0 Å². The first-order chi connectivity index (χ1) is 54.1. The number of benzene rings is 7. The molecular formula is C78H82Cl3N9O24. The Hall–Kier alpha value is -10.5. The van der Waals surface area contributed by atoms with Gasteiger partial charge in [0.15, 0.2) is 29.9 Å². The third-order valence-corrected chi connectivity index (χ3v) is 21.1. The van der Waals surface area contributed by atoms with Crippen LogP contribution in [0.25, 0.3) is 22.3 Å². The first-order valence-corrected chi connectivity index (χ1v) is 37.0. The average molecular weight is 1640 g/mol. The van der Waals surface area contributed by atoms with Crippen LogP contribution in [0, 0.1) is 5.92 Å². The normalized spacial score (nSPS) is 27.4. The lowest BCUT2D eigenvalue weighted by molar-refractivity contribution is -0.334. The molecule has 7 aliphatic heterocycles. The van der Waals surface area contributed by atoms with E-state index < -0.39 is 237 Å². The van der Waals surface area contributed by atoms with E-state index in [0.717, 1.165) is 83.4 Å². The largest absolute Gasteiger partial charge is 0.508 e. The van der Waals surface area contributed by atoms with Gasteiger partial charge < -0.3 is 128 Å². The molecule has 18 atom stereocenters. The molecule has 2 fully saturated rings. The van der Waals surface area contributed by atoms with Crippen LogP contribution in [0.15, 0.2) is 127 Å². The molecule has 2 saturated heterocycles. The number of nitrogens with one attached hydrogen (secondary N) is 7. The lowest BCUT2D eigenvalue weighted by atomic mass is 9.84. The van der Waals surface area contributed by atoms with Gasteiger partial charge in [-0.25, -0.2) is 4.79 Å². The lowest BCUT2D eigenvalue weighted by Crippen LogP contribution is -2.65. The molecule has 7 heterocycles. The van der Waals surface area contributed by atoms with Crippen LogP contribution in [0.5, 0.6) is 46.0 Å². The Kier molecular flexibility index (Phi) is 25.0. The van der Waals surface area contributed by atoms with Crippen molar-refractivity contribution in [2.45, 2.75) is 163 Å². The first-order valence-electron chi connectivity index (χ1n) is 35.9. The van der Waals surface area contributed by atoms with Gasteiger partial charge in [0.2, 0.25) is 53.4 Å². The quantitative estimate of drug-likeness (QED) is 0.0650. The minimum atomic E-state index is -2.37. The summed E-state index contributed by atoms with van der Waals surface area (Å²) in [7, 11) is 0. The van der Waals surface area contributed by atoms with E-state index in [1.54, 1.807) is 39.8 Å². The fourth-order valence-electron chi connectivity index (χ4n) is 14.2. The molecule has 114 heavy (non-hydrogen) atoms. The van der Waals surface area contributed by atoms with Crippen LogP contribution in [0.1, 0.15) is 111 Å². The van der Waals surface area contributed by atoms with Crippen LogP contribution in [0.2, 0.25) is 15.1 Å². The van der Waals surface area contributed by atoms with E-state index in [1.165, 1.54) is 12.1 Å². The molecule has 0 spiro atoms. The zero-order valence-electron chi connectivity index (χ0n) is 61.0. The number of aliphatic hydroxyl groups is 6. The Morgan fingerprint density at radius 3 is 1.86 bits per heavy atom. The highest BCUT2D eigenvalue weighted by Gasteiger charge is 2.52. The smallest absolute Gasteiger partial charge is 0.330 e. The standard InChI is InChI=1S/C78H82Cl3N9O24/c1-31(2)19-46(82)70(101)89-61-63(96)37-12-17-50(44(80)21-37)110-52-23-39-24-53(67(52)114-77-68(66(99)65(98)54(30-91)112-77)113-56-28-78(4,69(100)32(3)109-56)84-29-33-5-7-34(8-6-33)35-9-14-40(79)15-10-35)111-51-18-13-38(22-45(51)81)64(97)62-75(106)88-60(76(107)108)43-25-41(92)26-49(94)57(43)42-20-36(11-16-48(42)93)58(72(103)90-62)87-73(104)59(39)86-71(102)47(27-55(83)95)85-74(61)105/h5-18,20-26,31-32,46-47,54,56,58-66,68-69,77,84,91-94,96-100H,19,27-30,82H2,1-4H3,(H2,83,95)(H,85,105)(H,86,102)(H,87,104)(H,88,106)(H,89,101)(H,90,103)(H,107,108)/t32-,46-,47-,54+,56-,58?,59+,60-,61+,62-,63+,64+,65+,66-,68+,69+,77?,78-/m0/s1. The van der Waals surface area contributed by atoms with Crippen molar-refractivity contribution in [3.63, 3.8) is 0 Å². The number of halogens is 3. The summed E-state index contributed by atoms with van der Waals surface area (Å²) in [5.41, 5.74) is 10.5. The number of rotatable bonds is 16. The number of fused-ring (bicyclic) bond motifs is 15. The number of aromatic hydroxyl groups is 3. The van der Waals surface area contributed by atoms with E-state index in [9.17, 15) is 75.0 Å². The number of carboxylic acids is 1. The van der Waals surface area contributed by atoms with Crippen LogP contribution >= 0.6 is 34.8 Å². The molecule has 14 rings (SSSR count). The summed E-state index contributed by atoms with van der Waals surface area (Å²) in [5.74, 6) is -16.4. The van der Waals surface area contributed by atoms with E-state index in [0.29, 0.717) is 5.02 Å². The fourth-order valence-corrected chi connectivity index (χ4v) is 14.8. The second-order valence-electron chi connectivity index (χ2n) is 28.9. The number of ether oxygens (including phenoxy) is 6. The second-order valence-corrected chi connectivity index (χ2v) is 30.2. The minimum Gasteiger partial charge on any atom is -0.508 e. The van der Waals surface area contributed by atoms with Crippen molar-refractivity contribution in [3.05, 3.63) is 176 Å². The van der Waals surface area contributed by atoms with Crippen LogP contribution < -0.4 is 62.9 Å². The van der Waals surface area contributed by atoms with Gasteiger partial charge in [0, 0.05) is 46.3 Å². The predicted octanol–water partition coefficient (Wildman–Crippen LogP) is 4.00. The molecule has 604 valence electrons. The van der Waals surface area contributed by atoms with Crippen molar-refractivity contribution in [1.29, 1.82) is 0 Å². The number of phenols is 3. The molecule has 0 saturated carbocycles. The van der Waals surface area contributed by atoms with Crippen molar-refractivity contribution in [2.24, 2.45) is 17.4 Å². The molecular weight excluding hydrogens is 1550 g/mol. The SMILES string of the molecule is CC(C)C[C@H](N)C(=O)N[C@H]1C(=O)N[C@@H](CC(N)=O)C(=O)N[C@H]2C(=O)NC3C(=O)N[C@H](C(=O)N[C@H](C(=O)O)c4cc(O)cc(O)c4-c4cc3ccc4O)[C@H](O)c3ccc(c(Cl)c3)Oc3cc2cc(c3OC2O[C@H](CO)[C@@H](O)[C@H](O)[C@H]2O[C@H]2C[C@](C)(NCc3ccc(-c4ccc(Cl)cc4)cc3)[C@H](O)[C@H](C)O2)Oc2ccc(cc2Cl)[C@H]1O. The molecule has 36 heteroatoms. The topological polar surface area (TPSA) is 530 Å². The summed E-state index contributed by atoms with van der Waals surface area (Å²) in [6, 6.07) is 13.8. The van der Waals surface area contributed by atoms with Crippen molar-refractivity contribution in [2.75, 3.05) is 6.61 Å². The molecule has 7 aromatic carbocycles. The summed E-state index contributed by atoms with van der Waals surface area (Å²) in [4.78, 5) is 117. The van der Waals surface area contributed by atoms with E-state index in [2.05, 4.69) is 37.2 Å². The summed E-state index contributed by atoms with van der Waals surface area (Å²) < 4.78 is 39.4. The number of primary amides is 1. The van der Waals surface area contributed by atoms with E-state index in [4.69, 9.17) is 74.7 Å². The summed E-state index contributed by atoms with van der Waals surface area (Å²) in [5, 5.41) is 134. The molecule has 21 N–H and O–H groups in total. The van der Waals surface area contributed by atoms with Gasteiger partial charge in [-0.2, -0.15) is 0 Å². The highest BCUT2D eigenvalue weighted by Crippen LogP contribution is 2.50. The number of hydrogen-bond acceptors (Lipinski definition) is 25. The highest BCUT2D eigenvalue weighted by molar-refractivity contribution is 6.32. The summed E-state index contributed by atoms with van der Waals surface area (Å²) in [6.45, 7) is 6.02. The third-order valence-electron chi connectivity index (χ3n) is 20.3. The predicted molar refractivity (Wildman–Crippen MR) is 404 cm³/mol. The van der Waals surface area contributed by atoms with Gasteiger partial charge in [0.25, 0.3) is 0 Å². The van der Waals surface area contributed by atoms with Crippen LogP contribution in [0.3, 0.4) is 0 Å². The number of aliphatic hydroxyl groups excluding tert-OH is 6. The third kappa shape index (κ3) is 17.9. The highest BCUT2D eigenvalue weighted by atomic mass is 35.5. The molecule has 0 radical (unpaired) electrons. The molecule has 33 nitrogen and oxygen atoms in total. The molecule has 7 aromatic rings. The Morgan fingerprint density at radius 2 is 1.25 bits per heavy atom. The lowest BCUT2D eigenvalue weighted by Gasteiger charge is -2.48. The zero-order valence-corrected chi connectivity index (χ0v) is 63.3. The number of amides is 7. The van der Waals surface area contributed by atoms with Crippen molar-refractivity contribution < 1.29 is 118 Å². The van der Waals surface area contributed by atoms with E-state index >= 15 is 14.4 Å². The number of carboxylic acid groups (broad SMARTS) is 1. The molecule has 7 amide bonds. The monoisotopic (exact) mass is 1630 g/mol. The Morgan fingerprint density at radius 1 is 0.658 bits per heavy atom. The molecule has 7 aliphatic rings. The molecule has 0 aromatic heterocycles. The Balaban J connectivity index is 1.04. The maximum absolute atomic E-state index is 16.2. The van der Waals surface area contributed by atoms with Crippen LogP contribution in [-0.4, -0.2) is 184 Å². The van der Waals surface area contributed by atoms with Gasteiger partial charge in [-0.15, -0.1) is 0 Å². The first kappa shape index (κ1) is 83.0. The maximum atomic E-state index is 16.2. The molecule has 11 bridgehead atoms. The fraction of sp³-hybridized carbons (Fsp3) is 0.359. The number of phenolic OH excluding ortho intramolecular Hbond substituents is 3. The van der Waals surface area contributed by atoms with Crippen molar-refractivity contribution in [3.8, 4) is 68.2 Å². The summed E-state index contributed by atoms with van der Waals surface area (Å²) in [6.07, 6.45) is -18.9. The number of nitrogens with two attached hydrogens (primary N) is 2. The maximum Gasteiger partial charge on any atom is 0.330 e. The van der Waals surface area contributed by atoms with Gasteiger partial charge >= 0.3 is 5.97 Å². The Bertz CT molecular complexity index is 4870. The number of carbonyl (C=O) groups is 8. The van der Waals surface area contributed by atoms with Gasteiger partial charge in [0.05, 0.1) is 41.3 Å². The second kappa shape index (κ2) is 34.3. The number of carbonyl (C=O) groups excluding carboxylic acids is 7. The van der Waals surface area contributed by atoms with Gasteiger partial charge in [-0.1, -0.05) is 103 Å². The van der Waals surface area contributed by atoms with Crippen LogP contribution in [-0.2, 0) is 59.1 Å². The van der Waals surface area contributed by atoms with Crippen molar-refractivity contribution in [1.82, 2.24) is 37.2 Å². The number of aliphatic carboxylic acids is 1. The average Bonchev–Trinajstić information content (AvgIpc) is 0.770. The Labute approximate surface area is 664 Å². The van der Waals surface area contributed by atoms with E-state index in [-0.39, 0.29) is 52.8 Å². The summed E-state index contributed by atoms with van der Waals surface area (Å²) >= 11 is 20.4. The van der Waals surface area contributed by atoms with E-state index in [1.807, 2.05) is 36.4 Å². The zero-order chi connectivity index (χ0) is 82.2. The minimum absolute atomic E-state index is 0.0681. The number of hydrogen-bond donors (Lipinski definition) is 19. The van der Waals surface area contributed by atoms with Gasteiger partial charge in [-0.3, -0.25) is 33.6 Å².